The molecule has 106 valence electrons. The molecule has 1 unspecified atom stereocenters. The fraction of sp³-hybridized carbons (Fsp3) is 0.429. The van der Waals surface area contributed by atoms with Crippen molar-refractivity contribution in [2.75, 3.05) is 13.6 Å². The first-order valence-corrected chi connectivity index (χ1v) is 6.34. The van der Waals surface area contributed by atoms with Crippen molar-refractivity contribution in [1.82, 2.24) is 10.6 Å². The fourth-order valence-corrected chi connectivity index (χ4v) is 1.46. The molecule has 0 saturated carbocycles. The molecule has 1 aromatic rings. The van der Waals surface area contributed by atoms with Gasteiger partial charge in [-0.3, -0.25) is 4.79 Å². The van der Waals surface area contributed by atoms with Gasteiger partial charge in [-0.15, -0.1) is 0 Å². The first-order chi connectivity index (χ1) is 9.17. The number of hydrogen-bond donors (Lipinski definition) is 3. The lowest BCUT2D eigenvalue weighted by atomic mass is 10.1. The van der Waals surface area contributed by atoms with Crippen LogP contribution in [0.3, 0.4) is 0 Å². The van der Waals surface area contributed by atoms with Gasteiger partial charge < -0.3 is 20.5 Å². The summed E-state index contributed by atoms with van der Waals surface area (Å²) in [4.78, 5) is 21.8. The molecule has 1 atom stereocenters. The number of carbonyl (C=O) groups is 2. The minimum absolute atomic E-state index is 0.0204. The van der Waals surface area contributed by atoms with E-state index in [-0.39, 0.29) is 24.2 Å². The van der Waals surface area contributed by atoms with Crippen molar-refractivity contribution in [2.45, 2.75) is 26.3 Å². The molecule has 0 spiro atoms. The average molecular weight is 266 g/mol. The Bertz CT molecular complexity index is 377. The molecule has 0 aliphatic rings. The number of aldehydes is 1. The summed E-state index contributed by atoms with van der Waals surface area (Å²) in [6.07, 6.45) is 1.15. The van der Waals surface area contributed by atoms with E-state index in [2.05, 4.69) is 10.6 Å². The summed E-state index contributed by atoms with van der Waals surface area (Å²) in [6.45, 7) is 4.02. The Morgan fingerprint density at radius 1 is 1.32 bits per heavy atom. The lowest BCUT2D eigenvalue weighted by molar-refractivity contribution is -0.124. The van der Waals surface area contributed by atoms with E-state index in [4.69, 9.17) is 5.11 Å². The molecule has 1 rings (SSSR count). The van der Waals surface area contributed by atoms with Crippen LogP contribution < -0.4 is 10.6 Å². The van der Waals surface area contributed by atoms with Crippen LogP contribution in [0.25, 0.3) is 0 Å². The van der Waals surface area contributed by atoms with Gasteiger partial charge in [-0.1, -0.05) is 26.0 Å². The van der Waals surface area contributed by atoms with E-state index in [0.717, 1.165) is 5.56 Å². The molecule has 0 fully saturated rings. The van der Waals surface area contributed by atoms with Crippen LogP contribution in [0.1, 0.15) is 19.4 Å². The van der Waals surface area contributed by atoms with Gasteiger partial charge >= 0.3 is 0 Å². The quantitative estimate of drug-likeness (QED) is 0.667. The fourth-order valence-electron chi connectivity index (χ4n) is 1.46. The summed E-state index contributed by atoms with van der Waals surface area (Å²) in [6, 6.07) is 6.27. The highest BCUT2D eigenvalue weighted by atomic mass is 16.3. The second-order valence-corrected chi connectivity index (χ2v) is 3.62. The number of phenols is 1. The van der Waals surface area contributed by atoms with E-state index in [1.165, 1.54) is 0 Å². The van der Waals surface area contributed by atoms with Crippen molar-refractivity contribution in [1.29, 1.82) is 0 Å². The molecule has 0 saturated heterocycles. The smallest absolute Gasteiger partial charge is 0.237 e. The van der Waals surface area contributed by atoms with Crippen LogP contribution >= 0.6 is 0 Å². The van der Waals surface area contributed by atoms with Crippen molar-refractivity contribution in [3.63, 3.8) is 0 Å². The Labute approximate surface area is 114 Å². The SMILES string of the molecule is CC.CNC(Cc1ccc(O)cc1)C(=O)NCC=O. The molecule has 1 aromatic carbocycles. The molecule has 0 bridgehead atoms. The molecule has 0 aromatic heterocycles. The monoisotopic (exact) mass is 266 g/mol. The Kier molecular flexibility index (Phi) is 9.08. The van der Waals surface area contributed by atoms with Crippen molar-refractivity contribution in [3.8, 4) is 5.75 Å². The van der Waals surface area contributed by atoms with Crippen LogP contribution in [0.2, 0.25) is 0 Å². The maximum absolute atomic E-state index is 11.6. The van der Waals surface area contributed by atoms with Crippen molar-refractivity contribution >= 4 is 12.2 Å². The summed E-state index contributed by atoms with van der Waals surface area (Å²) in [5.74, 6) is -0.0205. The lowest BCUT2D eigenvalue weighted by Crippen LogP contribution is -2.44. The Morgan fingerprint density at radius 3 is 2.37 bits per heavy atom. The third kappa shape index (κ3) is 6.57. The molecular weight excluding hydrogens is 244 g/mol. The number of amides is 1. The minimum Gasteiger partial charge on any atom is -0.508 e. The van der Waals surface area contributed by atoms with Gasteiger partial charge in [-0.05, 0) is 31.2 Å². The summed E-state index contributed by atoms with van der Waals surface area (Å²) in [5, 5.41) is 14.5. The molecule has 5 nitrogen and oxygen atoms in total. The van der Waals surface area contributed by atoms with Crippen LogP contribution in [0.4, 0.5) is 0 Å². The predicted molar refractivity (Wildman–Crippen MR) is 75.1 cm³/mol. The molecule has 1 amide bonds. The van der Waals surface area contributed by atoms with Crippen molar-refractivity contribution < 1.29 is 14.7 Å². The third-order valence-electron chi connectivity index (χ3n) is 2.40. The van der Waals surface area contributed by atoms with Crippen LogP contribution in [0, 0.1) is 0 Å². The van der Waals surface area contributed by atoms with Gasteiger partial charge in [0.25, 0.3) is 0 Å². The van der Waals surface area contributed by atoms with Gasteiger partial charge in [0, 0.05) is 0 Å². The number of nitrogens with one attached hydrogen (secondary N) is 2. The summed E-state index contributed by atoms with van der Waals surface area (Å²) in [7, 11) is 1.69. The summed E-state index contributed by atoms with van der Waals surface area (Å²) < 4.78 is 0. The van der Waals surface area contributed by atoms with E-state index < -0.39 is 0 Å². The molecule has 0 aliphatic carbocycles. The van der Waals surface area contributed by atoms with Crippen molar-refractivity contribution in [2.24, 2.45) is 0 Å². The zero-order chi connectivity index (χ0) is 14.7. The second-order valence-electron chi connectivity index (χ2n) is 3.62. The van der Waals surface area contributed by atoms with Gasteiger partial charge in [0.05, 0.1) is 12.6 Å². The standard InChI is InChI=1S/C12H16N2O3.C2H6/c1-13-11(12(17)14-6-7-15)8-9-2-4-10(16)5-3-9;1-2/h2-5,7,11,13,16H,6,8H2,1H3,(H,14,17);1-2H3. The number of likely N-dealkylation sites (N-methyl/N-ethyl adjacent to an activating group) is 1. The van der Waals surface area contributed by atoms with E-state index >= 15 is 0 Å². The van der Waals surface area contributed by atoms with Gasteiger partial charge in [0.1, 0.15) is 12.0 Å². The highest BCUT2D eigenvalue weighted by Gasteiger charge is 2.15. The second kappa shape index (κ2) is 10.1. The zero-order valence-corrected chi connectivity index (χ0v) is 11.6. The maximum Gasteiger partial charge on any atom is 0.237 e. The highest BCUT2D eigenvalue weighted by Crippen LogP contribution is 2.11. The molecule has 5 heteroatoms. The van der Waals surface area contributed by atoms with Gasteiger partial charge in [-0.25, -0.2) is 0 Å². The third-order valence-corrected chi connectivity index (χ3v) is 2.40. The number of phenolic OH excluding ortho intramolecular Hbond substituents is 1. The number of benzene rings is 1. The summed E-state index contributed by atoms with van der Waals surface area (Å²) in [5.41, 5.74) is 0.934. The molecular formula is C14H22N2O3. The van der Waals surface area contributed by atoms with Crippen LogP contribution in [0.15, 0.2) is 24.3 Å². The number of hydrogen-bond acceptors (Lipinski definition) is 4. The maximum atomic E-state index is 11.6. The Morgan fingerprint density at radius 2 is 1.89 bits per heavy atom. The van der Waals surface area contributed by atoms with Crippen LogP contribution in [-0.4, -0.2) is 36.9 Å². The first kappa shape index (κ1) is 17.1. The normalized spacial score (nSPS) is 10.9. The predicted octanol–water partition coefficient (Wildman–Crippen LogP) is 0.864. The highest BCUT2D eigenvalue weighted by molar-refractivity contribution is 5.83. The Balaban J connectivity index is 0.00000154. The van der Waals surface area contributed by atoms with E-state index in [0.29, 0.717) is 12.7 Å². The molecule has 0 radical (unpaired) electrons. The largest absolute Gasteiger partial charge is 0.508 e. The van der Waals surface area contributed by atoms with E-state index in [1.54, 1.807) is 31.3 Å². The van der Waals surface area contributed by atoms with E-state index in [1.807, 2.05) is 13.8 Å². The lowest BCUT2D eigenvalue weighted by Gasteiger charge is -2.15. The van der Waals surface area contributed by atoms with E-state index in [9.17, 15) is 9.59 Å². The van der Waals surface area contributed by atoms with Gasteiger partial charge in [-0.2, -0.15) is 0 Å². The van der Waals surface area contributed by atoms with Crippen molar-refractivity contribution in [3.05, 3.63) is 29.8 Å². The van der Waals surface area contributed by atoms with Gasteiger partial charge in [0.2, 0.25) is 5.91 Å². The molecule has 0 aliphatic heterocycles. The molecule has 0 heterocycles. The average Bonchev–Trinajstić information content (AvgIpc) is 2.46. The summed E-state index contributed by atoms with van der Waals surface area (Å²) >= 11 is 0. The first-order valence-electron chi connectivity index (χ1n) is 6.34. The number of rotatable bonds is 6. The van der Waals surface area contributed by atoms with Crippen LogP contribution in [-0.2, 0) is 16.0 Å². The topological polar surface area (TPSA) is 78.4 Å². The minimum atomic E-state index is -0.389. The molecule has 3 N–H and O–H groups in total. The molecule has 19 heavy (non-hydrogen) atoms. The number of carbonyl (C=O) groups excluding carboxylic acids is 2. The van der Waals surface area contributed by atoms with Gasteiger partial charge in [0.15, 0.2) is 0 Å². The number of aromatic hydroxyl groups is 1. The Hall–Kier alpha value is -1.88. The van der Waals surface area contributed by atoms with Crippen LogP contribution in [0.5, 0.6) is 5.75 Å². The zero-order valence-electron chi connectivity index (χ0n) is 11.6.